The number of nitrogens with zero attached hydrogens (tertiary/aromatic N) is 2. The average molecular weight is 308 g/mol. The summed E-state index contributed by atoms with van der Waals surface area (Å²) in [5.41, 5.74) is -2.28. The van der Waals surface area contributed by atoms with Crippen molar-refractivity contribution < 1.29 is 23.4 Å². The van der Waals surface area contributed by atoms with Crippen LogP contribution in [0.1, 0.15) is 26.0 Å². The van der Waals surface area contributed by atoms with Crippen LogP contribution >= 0.6 is 0 Å². The molecule has 0 fully saturated rings. The smallest absolute Gasteiger partial charge is 0.394 e. The summed E-state index contributed by atoms with van der Waals surface area (Å²) in [6.07, 6.45) is -3.91. The van der Waals surface area contributed by atoms with Crippen LogP contribution in [-0.2, 0) is 6.18 Å². The molecule has 0 saturated carbocycles. The average Bonchev–Trinajstić information content (AvgIpc) is 2.43. The summed E-state index contributed by atoms with van der Waals surface area (Å²) >= 11 is 0. The first-order valence-electron chi connectivity index (χ1n) is 6.44. The van der Waals surface area contributed by atoms with Gasteiger partial charge in [-0.15, -0.1) is 0 Å². The van der Waals surface area contributed by atoms with Crippen molar-refractivity contribution in [2.75, 3.05) is 30.4 Å². The quantitative estimate of drug-likeness (QED) is 0.610. The Morgan fingerprint density at radius 3 is 2.29 bits per heavy atom. The van der Waals surface area contributed by atoms with Crippen molar-refractivity contribution in [2.24, 2.45) is 0 Å². The lowest BCUT2D eigenvalue weighted by molar-refractivity contribution is -0.141. The van der Waals surface area contributed by atoms with Gasteiger partial charge in [-0.2, -0.15) is 18.2 Å². The highest BCUT2D eigenvalue weighted by Gasteiger charge is 2.34. The summed E-state index contributed by atoms with van der Waals surface area (Å²) in [4.78, 5) is 7.32. The highest BCUT2D eigenvalue weighted by Crippen LogP contribution is 2.30. The van der Waals surface area contributed by atoms with Gasteiger partial charge < -0.3 is 20.8 Å². The predicted molar refractivity (Wildman–Crippen MR) is 72.0 cm³/mol. The molecule has 0 amide bonds. The number of anilines is 2. The van der Waals surface area contributed by atoms with Crippen molar-refractivity contribution in [1.82, 2.24) is 9.97 Å². The van der Waals surface area contributed by atoms with Crippen LogP contribution in [-0.4, -0.2) is 45.5 Å². The molecule has 9 heteroatoms. The molecule has 0 aromatic carbocycles. The molecule has 21 heavy (non-hydrogen) atoms. The van der Waals surface area contributed by atoms with Crippen molar-refractivity contribution in [1.29, 1.82) is 0 Å². The Balaban J connectivity index is 3.12. The highest BCUT2D eigenvalue weighted by atomic mass is 19.4. The van der Waals surface area contributed by atoms with E-state index in [0.29, 0.717) is 13.0 Å². The van der Waals surface area contributed by atoms with E-state index in [1.54, 1.807) is 0 Å². The number of aliphatic hydroxyl groups excluding tert-OH is 2. The Morgan fingerprint density at radius 2 is 1.81 bits per heavy atom. The molecule has 0 aliphatic rings. The van der Waals surface area contributed by atoms with Gasteiger partial charge in [-0.25, -0.2) is 4.98 Å². The van der Waals surface area contributed by atoms with Crippen LogP contribution in [0.5, 0.6) is 0 Å². The lowest BCUT2D eigenvalue weighted by Gasteiger charge is -2.27. The second-order valence-corrected chi connectivity index (χ2v) is 4.89. The van der Waals surface area contributed by atoms with E-state index >= 15 is 0 Å². The number of aromatic nitrogens is 2. The lowest BCUT2D eigenvalue weighted by Crippen LogP contribution is -2.43. The number of halogens is 3. The molecule has 120 valence electrons. The molecule has 1 rings (SSSR count). The maximum absolute atomic E-state index is 12.8. The summed E-state index contributed by atoms with van der Waals surface area (Å²) in [6.45, 7) is 2.81. The minimum atomic E-state index is -4.61. The molecule has 1 aromatic rings. The maximum atomic E-state index is 12.8. The summed E-state index contributed by atoms with van der Waals surface area (Å²) in [5, 5.41) is 23.6. The maximum Gasteiger partial charge on any atom is 0.433 e. The molecule has 0 aliphatic heterocycles. The number of hydrogen-bond acceptors (Lipinski definition) is 6. The van der Waals surface area contributed by atoms with Crippen LogP contribution < -0.4 is 10.6 Å². The van der Waals surface area contributed by atoms with Crippen molar-refractivity contribution in [2.45, 2.75) is 32.0 Å². The zero-order valence-electron chi connectivity index (χ0n) is 11.8. The third-order valence-electron chi connectivity index (χ3n) is 2.68. The number of hydrogen-bond donors (Lipinski definition) is 4. The standard InChI is InChI=1S/C12H19F3N4O2/c1-3-4-16-10-17-8(12(13,14)15)5-9(18-10)19-11(2,6-20)7-21/h5,20-21H,3-4,6-7H2,1-2H3,(H2,16,17,18,19). The van der Waals surface area contributed by atoms with Gasteiger partial charge in [-0.3, -0.25) is 0 Å². The third-order valence-corrected chi connectivity index (χ3v) is 2.68. The van der Waals surface area contributed by atoms with Crippen molar-refractivity contribution in [3.63, 3.8) is 0 Å². The molecule has 0 atom stereocenters. The zero-order valence-corrected chi connectivity index (χ0v) is 11.8. The summed E-state index contributed by atoms with van der Waals surface area (Å²) in [7, 11) is 0. The normalized spacial score (nSPS) is 12.3. The Bertz CT molecular complexity index is 464. The van der Waals surface area contributed by atoms with Gasteiger partial charge in [0.05, 0.1) is 18.8 Å². The van der Waals surface area contributed by atoms with E-state index in [-0.39, 0.29) is 11.8 Å². The molecular weight excluding hydrogens is 289 g/mol. The molecule has 0 unspecified atom stereocenters. The molecule has 0 aliphatic carbocycles. The van der Waals surface area contributed by atoms with Gasteiger partial charge in [-0.1, -0.05) is 6.92 Å². The summed E-state index contributed by atoms with van der Waals surface area (Å²) in [6, 6.07) is 0.737. The Morgan fingerprint density at radius 1 is 1.19 bits per heavy atom. The number of aliphatic hydroxyl groups is 2. The first kappa shape index (κ1) is 17.4. The van der Waals surface area contributed by atoms with Crippen molar-refractivity contribution in [3.8, 4) is 0 Å². The van der Waals surface area contributed by atoms with Crippen LogP contribution in [0.4, 0.5) is 24.9 Å². The van der Waals surface area contributed by atoms with Crippen LogP contribution in [0.2, 0.25) is 0 Å². The fraction of sp³-hybridized carbons (Fsp3) is 0.667. The third kappa shape index (κ3) is 5.01. The molecule has 0 spiro atoms. The number of alkyl halides is 3. The molecule has 1 aromatic heterocycles. The van der Waals surface area contributed by atoms with Crippen LogP contribution in [0.15, 0.2) is 6.07 Å². The Hall–Kier alpha value is -1.61. The van der Waals surface area contributed by atoms with Crippen molar-refractivity contribution >= 4 is 11.8 Å². The van der Waals surface area contributed by atoms with Gasteiger partial charge >= 0.3 is 6.18 Å². The second kappa shape index (κ2) is 6.90. The van der Waals surface area contributed by atoms with E-state index in [9.17, 15) is 23.4 Å². The number of nitrogens with one attached hydrogen (secondary N) is 2. The van der Waals surface area contributed by atoms with Gasteiger partial charge in [-0.05, 0) is 13.3 Å². The van der Waals surface area contributed by atoms with Gasteiger partial charge in [0.15, 0.2) is 5.69 Å². The largest absolute Gasteiger partial charge is 0.433 e. The van der Waals surface area contributed by atoms with Gasteiger partial charge in [0, 0.05) is 12.6 Å². The SMILES string of the molecule is CCCNc1nc(NC(C)(CO)CO)cc(C(F)(F)F)n1. The fourth-order valence-electron chi connectivity index (χ4n) is 1.41. The van der Waals surface area contributed by atoms with Gasteiger partial charge in [0.1, 0.15) is 5.82 Å². The molecule has 4 N–H and O–H groups in total. The van der Waals surface area contributed by atoms with Crippen molar-refractivity contribution in [3.05, 3.63) is 11.8 Å². The Labute approximate surface area is 120 Å². The minimum absolute atomic E-state index is 0.124. The molecule has 0 bridgehead atoms. The van der Waals surface area contributed by atoms with Gasteiger partial charge in [0.25, 0.3) is 0 Å². The van der Waals surface area contributed by atoms with Crippen LogP contribution in [0, 0.1) is 0 Å². The molecule has 1 heterocycles. The topological polar surface area (TPSA) is 90.3 Å². The van der Waals surface area contributed by atoms with Crippen LogP contribution in [0.3, 0.4) is 0 Å². The second-order valence-electron chi connectivity index (χ2n) is 4.89. The molecule has 0 saturated heterocycles. The first-order chi connectivity index (χ1) is 9.74. The minimum Gasteiger partial charge on any atom is -0.394 e. The van der Waals surface area contributed by atoms with E-state index in [0.717, 1.165) is 6.07 Å². The first-order valence-corrected chi connectivity index (χ1v) is 6.44. The highest BCUT2D eigenvalue weighted by molar-refractivity contribution is 5.45. The van der Waals surface area contributed by atoms with Crippen LogP contribution in [0.25, 0.3) is 0 Å². The number of rotatable bonds is 7. The van der Waals surface area contributed by atoms with E-state index in [1.807, 2.05) is 6.92 Å². The lowest BCUT2D eigenvalue weighted by atomic mass is 10.1. The monoisotopic (exact) mass is 308 g/mol. The van der Waals surface area contributed by atoms with E-state index in [1.165, 1.54) is 6.92 Å². The molecular formula is C12H19F3N4O2. The van der Waals surface area contributed by atoms with Gasteiger partial charge in [0.2, 0.25) is 5.95 Å². The predicted octanol–water partition coefficient (Wildman–Crippen LogP) is 1.47. The summed E-state index contributed by atoms with van der Waals surface area (Å²) < 4.78 is 38.5. The molecule has 6 nitrogen and oxygen atoms in total. The van der Waals surface area contributed by atoms with E-state index in [2.05, 4.69) is 20.6 Å². The Kier molecular flexibility index (Phi) is 5.73. The van der Waals surface area contributed by atoms with E-state index in [4.69, 9.17) is 0 Å². The zero-order chi connectivity index (χ0) is 16.1. The molecule has 0 radical (unpaired) electrons. The van der Waals surface area contributed by atoms with E-state index < -0.39 is 30.6 Å². The summed E-state index contributed by atoms with van der Waals surface area (Å²) in [5.74, 6) is -0.283. The fourth-order valence-corrected chi connectivity index (χ4v) is 1.41.